The second kappa shape index (κ2) is 7.34. The normalized spacial score (nSPS) is 19.5. The quantitative estimate of drug-likeness (QED) is 0.826. The van der Waals surface area contributed by atoms with Gasteiger partial charge in [0, 0.05) is 23.3 Å². The number of hydrogen-bond donors (Lipinski definition) is 0. The number of hydrogen-bond acceptors (Lipinski definition) is 2. The lowest BCUT2D eigenvalue weighted by Crippen LogP contribution is -2.40. The highest BCUT2D eigenvalue weighted by Gasteiger charge is 2.20. The summed E-state index contributed by atoms with van der Waals surface area (Å²) in [6, 6.07) is 8.29. The lowest BCUT2D eigenvalue weighted by molar-refractivity contribution is -0.130. The van der Waals surface area contributed by atoms with Crippen molar-refractivity contribution in [3.8, 4) is 0 Å². The molecule has 19 heavy (non-hydrogen) atoms. The molecule has 0 bridgehead atoms. The molecule has 0 radical (unpaired) electrons. The Morgan fingerprint density at radius 2 is 2.16 bits per heavy atom. The summed E-state index contributed by atoms with van der Waals surface area (Å²) in [6.45, 7) is 4.12. The summed E-state index contributed by atoms with van der Waals surface area (Å²) in [7, 11) is 0. The maximum Gasteiger partial charge on any atom is 0.232 e. The lowest BCUT2D eigenvalue weighted by atomic mass is 10.0. The standard InChI is InChI=1S/C15H20BrNOS/c1-12-3-2-8-17(9-12)15(18)11-19-10-13-4-6-14(16)7-5-13/h4-7,12H,2-3,8-11H2,1H3. The van der Waals surface area contributed by atoms with Gasteiger partial charge < -0.3 is 4.90 Å². The van der Waals surface area contributed by atoms with Gasteiger partial charge in [-0.1, -0.05) is 35.0 Å². The van der Waals surface area contributed by atoms with Crippen molar-refractivity contribution in [2.75, 3.05) is 18.8 Å². The molecule has 1 saturated heterocycles. The Morgan fingerprint density at radius 3 is 2.84 bits per heavy atom. The highest BCUT2D eigenvalue weighted by Crippen LogP contribution is 2.19. The van der Waals surface area contributed by atoms with Gasteiger partial charge >= 0.3 is 0 Å². The molecule has 2 rings (SSSR count). The van der Waals surface area contributed by atoms with Crippen molar-refractivity contribution < 1.29 is 4.79 Å². The number of amides is 1. The van der Waals surface area contributed by atoms with Crippen LogP contribution in [0, 0.1) is 5.92 Å². The molecule has 1 atom stereocenters. The Balaban J connectivity index is 1.73. The number of thioether (sulfide) groups is 1. The number of carbonyl (C=O) groups excluding carboxylic acids is 1. The molecule has 1 heterocycles. The number of nitrogens with zero attached hydrogens (tertiary/aromatic N) is 1. The molecule has 0 N–H and O–H groups in total. The van der Waals surface area contributed by atoms with Crippen LogP contribution in [0.1, 0.15) is 25.3 Å². The molecule has 1 unspecified atom stereocenters. The second-order valence-corrected chi connectivity index (χ2v) is 7.11. The van der Waals surface area contributed by atoms with Crippen molar-refractivity contribution >= 4 is 33.6 Å². The maximum atomic E-state index is 12.1. The van der Waals surface area contributed by atoms with Crippen molar-refractivity contribution in [3.05, 3.63) is 34.3 Å². The summed E-state index contributed by atoms with van der Waals surface area (Å²) in [5, 5.41) is 0. The molecule has 1 aliphatic rings. The van der Waals surface area contributed by atoms with Crippen LogP contribution < -0.4 is 0 Å². The summed E-state index contributed by atoms with van der Waals surface area (Å²) in [5.74, 6) is 2.47. The van der Waals surface area contributed by atoms with Crippen molar-refractivity contribution in [2.45, 2.75) is 25.5 Å². The van der Waals surface area contributed by atoms with Gasteiger partial charge in [-0.2, -0.15) is 0 Å². The minimum atomic E-state index is 0.300. The molecule has 0 saturated carbocycles. The highest BCUT2D eigenvalue weighted by atomic mass is 79.9. The topological polar surface area (TPSA) is 20.3 Å². The molecule has 1 aromatic rings. The average Bonchev–Trinajstić information content (AvgIpc) is 2.41. The Kier molecular flexibility index (Phi) is 5.76. The Labute approximate surface area is 128 Å². The fourth-order valence-electron chi connectivity index (χ4n) is 2.34. The summed E-state index contributed by atoms with van der Waals surface area (Å²) < 4.78 is 1.10. The van der Waals surface area contributed by atoms with E-state index in [1.54, 1.807) is 11.8 Å². The summed E-state index contributed by atoms with van der Waals surface area (Å²) >= 11 is 5.14. The zero-order valence-electron chi connectivity index (χ0n) is 11.3. The van der Waals surface area contributed by atoms with E-state index in [1.807, 2.05) is 17.0 Å². The van der Waals surface area contributed by atoms with Crippen LogP contribution in [0.3, 0.4) is 0 Å². The van der Waals surface area contributed by atoms with E-state index in [2.05, 4.69) is 35.0 Å². The first-order chi connectivity index (χ1) is 9.15. The molecule has 1 fully saturated rings. The van der Waals surface area contributed by atoms with Crippen LogP contribution in [-0.4, -0.2) is 29.6 Å². The third-order valence-corrected chi connectivity index (χ3v) is 4.93. The van der Waals surface area contributed by atoms with E-state index in [1.165, 1.54) is 12.0 Å². The predicted molar refractivity (Wildman–Crippen MR) is 85.3 cm³/mol. The van der Waals surface area contributed by atoms with Gasteiger partial charge in [-0.3, -0.25) is 4.79 Å². The van der Waals surface area contributed by atoms with Crippen molar-refractivity contribution in [3.63, 3.8) is 0 Å². The van der Waals surface area contributed by atoms with Gasteiger partial charge in [0.05, 0.1) is 5.75 Å². The van der Waals surface area contributed by atoms with Crippen LogP contribution in [0.15, 0.2) is 28.7 Å². The van der Waals surface area contributed by atoms with E-state index in [-0.39, 0.29) is 0 Å². The predicted octanol–water partition coefficient (Wildman–Crippen LogP) is 3.94. The Bertz CT molecular complexity index is 421. The average molecular weight is 342 g/mol. The van der Waals surface area contributed by atoms with Crippen LogP contribution in [-0.2, 0) is 10.5 Å². The minimum Gasteiger partial charge on any atom is -0.342 e. The van der Waals surface area contributed by atoms with E-state index in [0.29, 0.717) is 17.6 Å². The first-order valence-corrected chi connectivity index (χ1v) is 8.70. The first kappa shape index (κ1) is 14.9. The SMILES string of the molecule is CC1CCCN(C(=O)CSCc2ccc(Br)cc2)C1. The number of carbonyl (C=O) groups is 1. The molecular formula is C15H20BrNOS. The molecule has 0 aromatic heterocycles. The van der Waals surface area contributed by atoms with E-state index in [0.717, 1.165) is 29.7 Å². The van der Waals surface area contributed by atoms with Crippen molar-refractivity contribution in [1.82, 2.24) is 4.90 Å². The molecule has 4 heteroatoms. The maximum absolute atomic E-state index is 12.1. The molecule has 1 amide bonds. The Hall–Kier alpha value is -0.480. The molecular weight excluding hydrogens is 322 g/mol. The molecule has 1 aliphatic heterocycles. The van der Waals surface area contributed by atoms with Crippen LogP contribution in [0.5, 0.6) is 0 Å². The second-order valence-electron chi connectivity index (χ2n) is 5.21. The highest BCUT2D eigenvalue weighted by molar-refractivity contribution is 9.10. The van der Waals surface area contributed by atoms with Gasteiger partial charge in [0.25, 0.3) is 0 Å². The summed E-state index contributed by atoms with van der Waals surface area (Å²) in [4.78, 5) is 14.1. The number of piperidine rings is 1. The van der Waals surface area contributed by atoms with Crippen LogP contribution in [0.25, 0.3) is 0 Å². The largest absolute Gasteiger partial charge is 0.342 e. The lowest BCUT2D eigenvalue weighted by Gasteiger charge is -2.30. The summed E-state index contributed by atoms with van der Waals surface area (Å²) in [6.07, 6.45) is 2.42. The zero-order chi connectivity index (χ0) is 13.7. The third kappa shape index (κ3) is 4.84. The monoisotopic (exact) mass is 341 g/mol. The number of rotatable bonds is 4. The van der Waals surface area contributed by atoms with Gasteiger partial charge in [-0.25, -0.2) is 0 Å². The number of likely N-dealkylation sites (tertiary alicyclic amines) is 1. The van der Waals surface area contributed by atoms with Gasteiger partial charge in [0.15, 0.2) is 0 Å². The smallest absolute Gasteiger partial charge is 0.232 e. The van der Waals surface area contributed by atoms with Crippen LogP contribution in [0.2, 0.25) is 0 Å². The zero-order valence-corrected chi connectivity index (χ0v) is 13.7. The van der Waals surface area contributed by atoms with Crippen LogP contribution >= 0.6 is 27.7 Å². The minimum absolute atomic E-state index is 0.300. The first-order valence-electron chi connectivity index (χ1n) is 6.75. The summed E-state index contributed by atoms with van der Waals surface area (Å²) in [5.41, 5.74) is 1.27. The van der Waals surface area contributed by atoms with E-state index >= 15 is 0 Å². The van der Waals surface area contributed by atoms with Gasteiger partial charge in [0.2, 0.25) is 5.91 Å². The molecule has 0 aliphatic carbocycles. The number of benzene rings is 1. The number of halogens is 1. The van der Waals surface area contributed by atoms with Gasteiger partial charge in [-0.15, -0.1) is 11.8 Å². The fourth-order valence-corrected chi connectivity index (χ4v) is 3.50. The Morgan fingerprint density at radius 1 is 1.42 bits per heavy atom. The fraction of sp³-hybridized carbons (Fsp3) is 0.533. The van der Waals surface area contributed by atoms with E-state index < -0.39 is 0 Å². The van der Waals surface area contributed by atoms with Crippen molar-refractivity contribution in [1.29, 1.82) is 0 Å². The molecule has 1 aromatic carbocycles. The molecule has 104 valence electrons. The van der Waals surface area contributed by atoms with Gasteiger partial charge in [0.1, 0.15) is 0 Å². The van der Waals surface area contributed by atoms with Crippen molar-refractivity contribution in [2.24, 2.45) is 5.92 Å². The van der Waals surface area contributed by atoms with E-state index in [4.69, 9.17) is 0 Å². The van der Waals surface area contributed by atoms with Gasteiger partial charge in [-0.05, 0) is 36.5 Å². The third-order valence-electron chi connectivity index (χ3n) is 3.42. The molecule has 0 spiro atoms. The van der Waals surface area contributed by atoms with E-state index in [9.17, 15) is 4.79 Å². The molecule has 2 nitrogen and oxygen atoms in total. The van der Waals surface area contributed by atoms with Crippen LogP contribution in [0.4, 0.5) is 0 Å².